The fourth-order valence-corrected chi connectivity index (χ4v) is 1.98. The van der Waals surface area contributed by atoms with E-state index in [1.54, 1.807) is 32.3 Å². The molecule has 0 aliphatic heterocycles. The van der Waals surface area contributed by atoms with E-state index in [2.05, 4.69) is 20.9 Å². The molecule has 0 bridgehead atoms. The van der Waals surface area contributed by atoms with Gasteiger partial charge in [-0.15, -0.1) is 0 Å². The van der Waals surface area contributed by atoms with Crippen LogP contribution < -0.4 is 4.90 Å². The van der Waals surface area contributed by atoms with E-state index < -0.39 is 0 Å². The average Bonchev–Trinajstić information content (AvgIpc) is 2.40. The van der Waals surface area contributed by atoms with Gasteiger partial charge in [0.15, 0.2) is 0 Å². The maximum Gasteiger partial charge on any atom is 0.259 e. The zero-order valence-electron chi connectivity index (χ0n) is 10.5. The molecule has 1 heterocycles. The van der Waals surface area contributed by atoms with Crippen LogP contribution in [0.2, 0.25) is 0 Å². The number of rotatable bonds is 2. The van der Waals surface area contributed by atoms with E-state index in [0.29, 0.717) is 16.9 Å². The molecule has 0 spiro atoms. The van der Waals surface area contributed by atoms with Crippen molar-refractivity contribution in [2.24, 2.45) is 0 Å². The maximum absolute atomic E-state index is 13.2. The van der Waals surface area contributed by atoms with Crippen molar-refractivity contribution in [1.29, 1.82) is 0 Å². The van der Waals surface area contributed by atoms with Crippen molar-refractivity contribution in [1.82, 2.24) is 4.98 Å². The minimum absolute atomic E-state index is 0.228. The molecule has 98 valence electrons. The lowest BCUT2D eigenvalue weighted by atomic mass is 10.1. The van der Waals surface area contributed by atoms with Gasteiger partial charge in [0.2, 0.25) is 0 Å². The van der Waals surface area contributed by atoms with Crippen LogP contribution in [0.3, 0.4) is 0 Å². The Bertz CT molecular complexity index is 631. The predicted octanol–water partition coefficient (Wildman–Crippen LogP) is 3.57. The Kier molecular flexibility index (Phi) is 3.95. The summed E-state index contributed by atoms with van der Waals surface area (Å²) in [6, 6.07) is 7.83. The van der Waals surface area contributed by atoms with Crippen LogP contribution in [-0.4, -0.2) is 17.9 Å². The van der Waals surface area contributed by atoms with Crippen molar-refractivity contribution in [3.8, 4) is 0 Å². The van der Waals surface area contributed by atoms with Crippen LogP contribution in [0, 0.1) is 12.7 Å². The zero-order chi connectivity index (χ0) is 14.0. The Labute approximate surface area is 119 Å². The van der Waals surface area contributed by atoms with E-state index in [-0.39, 0.29) is 11.7 Å². The third-order valence-electron chi connectivity index (χ3n) is 2.76. The molecule has 0 aliphatic carbocycles. The fraction of sp³-hybridized carbons (Fsp3) is 0.143. The minimum Gasteiger partial charge on any atom is -0.296 e. The smallest absolute Gasteiger partial charge is 0.259 e. The van der Waals surface area contributed by atoms with Gasteiger partial charge in [0, 0.05) is 23.3 Å². The number of carbonyl (C=O) groups is 1. The number of benzene rings is 1. The van der Waals surface area contributed by atoms with Crippen molar-refractivity contribution < 1.29 is 9.18 Å². The number of hydrogen-bond acceptors (Lipinski definition) is 2. The Morgan fingerprint density at radius 2 is 2.05 bits per heavy atom. The quantitative estimate of drug-likeness (QED) is 0.846. The maximum atomic E-state index is 13.2. The van der Waals surface area contributed by atoms with E-state index in [9.17, 15) is 9.18 Å². The molecule has 2 rings (SSSR count). The Balaban J connectivity index is 2.30. The summed E-state index contributed by atoms with van der Waals surface area (Å²) in [5.41, 5.74) is 0.879. The Morgan fingerprint density at radius 3 is 2.68 bits per heavy atom. The summed E-state index contributed by atoms with van der Waals surface area (Å²) in [5, 5.41) is 0. The lowest BCUT2D eigenvalue weighted by molar-refractivity contribution is 0.0992. The molecule has 0 saturated heterocycles. The monoisotopic (exact) mass is 322 g/mol. The van der Waals surface area contributed by atoms with E-state index in [1.165, 1.54) is 23.1 Å². The summed E-state index contributed by atoms with van der Waals surface area (Å²) in [5.74, 6) is -0.0187. The molecule has 0 N–H and O–H groups in total. The van der Waals surface area contributed by atoms with Crippen molar-refractivity contribution in [3.05, 3.63) is 57.9 Å². The van der Waals surface area contributed by atoms with Crippen molar-refractivity contribution in [2.45, 2.75) is 6.92 Å². The van der Waals surface area contributed by atoms with E-state index in [4.69, 9.17) is 0 Å². The number of aryl methyl sites for hydroxylation is 1. The molecule has 0 unspecified atom stereocenters. The molecule has 1 amide bonds. The largest absolute Gasteiger partial charge is 0.296 e. The van der Waals surface area contributed by atoms with Crippen LogP contribution in [0.15, 0.2) is 41.0 Å². The molecular weight excluding hydrogens is 311 g/mol. The molecule has 1 aromatic carbocycles. The first-order valence-corrected chi connectivity index (χ1v) is 6.44. The average molecular weight is 323 g/mol. The van der Waals surface area contributed by atoms with Gasteiger partial charge in [-0.2, -0.15) is 0 Å². The van der Waals surface area contributed by atoms with Gasteiger partial charge >= 0.3 is 0 Å². The molecule has 0 fully saturated rings. The highest BCUT2D eigenvalue weighted by atomic mass is 79.9. The summed E-state index contributed by atoms with van der Waals surface area (Å²) in [4.78, 5) is 17.8. The van der Waals surface area contributed by atoms with Gasteiger partial charge in [-0.05, 0) is 42.8 Å². The van der Waals surface area contributed by atoms with Gasteiger partial charge in [-0.25, -0.2) is 9.37 Å². The topological polar surface area (TPSA) is 33.2 Å². The molecule has 0 aliphatic rings. The Hall–Kier alpha value is -1.75. The molecule has 0 saturated carbocycles. The van der Waals surface area contributed by atoms with Gasteiger partial charge in [-0.3, -0.25) is 9.69 Å². The summed E-state index contributed by atoms with van der Waals surface area (Å²) < 4.78 is 14.0. The highest BCUT2D eigenvalue weighted by Crippen LogP contribution is 2.18. The second-order valence-electron chi connectivity index (χ2n) is 4.16. The minimum atomic E-state index is -0.320. The van der Waals surface area contributed by atoms with Crippen LogP contribution in [0.25, 0.3) is 0 Å². The third-order valence-corrected chi connectivity index (χ3v) is 3.25. The van der Waals surface area contributed by atoms with Crippen molar-refractivity contribution in [3.63, 3.8) is 0 Å². The van der Waals surface area contributed by atoms with Gasteiger partial charge in [-0.1, -0.05) is 15.9 Å². The summed E-state index contributed by atoms with van der Waals surface area (Å²) in [6.45, 7) is 1.63. The predicted molar refractivity (Wildman–Crippen MR) is 75.8 cm³/mol. The Morgan fingerprint density at radius 1 is 1.32 bits per heavy atom. The molecule has 0 atom stereocenters. The van der Waals surface area contributed by atoms with Crippen LogP contribution >= 0.6 is 15.9 Å². The molecule has 2 aromatic rings. The number of anilines is 1. The molecule has 19 heavy (non-hydrogen) atoms. The second-order valence-corrected chi connectivity index (χ2v) is 5.08. The number of nitrogens with zero attached hydrogens (tertiary/aromatic N) is 2. The first-order valence-electron chi connectivity index (χ1n) is 5.65. The second kappa shape index (κ2) is 5.48. The van der Waals surface area contributed by atoms with E-state index >= 15 is 0 Å². The highest BCUT2D eigenvalue weighted by molar-refractivity contribution is 9.10. The SMILES string of the molecule is Cc1cc(C(=O)N(C)c2cc(Br)ccn2)ccc1F. The van der Waals surface area contributed by atoms with Crippen molar-refractivity contribution >= 4 is 27.7 Å². The van der Waals surface area contributed by atoms with Gasteiger partial charge in [0.1, 0.15) is 11.6 Å². The molecule has 1 aromatic heterocycles. The number of hydrogen-bond donors (Lipinski definition) is 0. The standard InChI is InChI=1S/C14H12BrFN2O/c1-9-7-10(3-4-12(9)16)14(19)18(2)13-8-11(15)5-6-17-13/h3-8H,1-2H3. The lowest BCUT2D eigenvalue weighted by Gasteiger charge is -2.16. The number of carbonyl (C=O) groups excluding carboxylic acids is 1. The summed E-state index contributed by atoms with van der Waals surface area (Å²) in [6.07, 6.45) is 1.61. The van der Waals surface area contributed by atoms with Crippen LogP contribution in [0.5, 0.6) is 0 Å². The molecule has 5 heteroatoms. The van der Waals surface area contributed by atoms with Crippen LogP contribution in [-0.2, 0) is 0 Å². The molecule has 3 nitrogen and oxygen atoms in total. The first-order chi connectivity index (χ1) is 8.99. The highest BCUT2D eigenvalue weighted by Gasteiger charge is 2.15. The van der Waals surface area contributed by atoms with Crippen LogP contribution in [0.4, 0.5) is 10.2 Å². The lowest BCUT2D eigenvalue weighted by Crippen LogP contribution is -2.27. The number of aromatic nitrogens is 1. The zero-order valence-corrected chi connectivity index (χ0v) is 12.1. The summed E-state index contributed by atoms with van der Waals surface area (Å²) >= 11 is 3.33. The number of pyridine rings is 1. The molecular formula is C14H12BrFN2O. The summed E-state index contributed by atoms with van der Waals surface area (Å²) in [7, 11) is 1.63. The number of halogens is 2. The first kappa shape index (κ1) is 13.7. The normalized spacial score (nSPS) is 10.3. The van der Waals surface area contributed by atoms with Gasteiger partial charge < -0.3 is 0 Å². The van der Waals surface area contributed by atoms with Crippen molar-refractivity contribution in [2.75, 3.05) is 11.9 Å². The van der Waals surface area contributed by atoms with Crippen LogP contribution in [0.1, 0.15) is 15.9 Å². The third kappa shape index (κ3) is 2.98. The molecule has 0 radical (unpaired) electrons. The van der Waals surface area contributed by atoms with Gasteiger partial charge in [0.05, 0.1) is 0 Å². The number of amides is 1. The van der Waals surface area contributed by atoms with E-state index in [0.717, 1.165) is 4.47 Å². The van der Waals surface area contributed by atoms with E-state index in [1.807, 2.05) is 0 Å². The van der Waals surface area contributed by atoms with Gasteiger partial charge in [0.25, 0.3) is 5.91 Å². The fourth-order valence-electron chi connectivity index (χ4n) is 1.65.